The van der Waals surface area contributed by atoms with Crippen LogP contribution in [0.15, 0.2) is 42.5 Å². The van der Waals surface area contributed by atoms with E-state index in [1.54, 1.807) is 6.42 Å². The molecule has 145 valence electrons. The van der Waals surface area contributed by atoms with Crippen molar-refractivity contribution in [2.75, 3.05) is 0 Å². The molecule has 6 N–H and O–H groups in total. The van der Waals surface area contributed by atoms with Crippen LogP contribution in [0.4, 0.5) is 0 Å². The van der Waals surface area contributed by atoms with Gasteiger partial charge in [-0.05, 0) is 55.4 Å². The molecular weight excluding hydrogens is 344 g/mol. The Labute approximate surface area is 159 Å². The Balaban J connectivity index is 1.90. The van der Waals surface area contributed by atoms with Gasteiger partial charge in [0, 0.05) is 5.92 Å². The molecule has 6 nitrogen and oxygen atoms in total. The molecule has 0 aromatic heterocycles. The fraction of sp³-hybridized carbons (Fsp3) is 0.381. The SMILES string of the molecule is CC(O)(CC[C@H](C[C@@H](O)[CH]Cc1ccc2ccccc2c1)C(N)=O)C(N)=O. The Morgan fingerprint density at radius 2 is 1.81 bits per heavy atom. The second kappa shape index (κ2) is 8.97. The molecule has 0 fully saturated rings. The zero-order chi connectivity index (χ0) is 20.0. The predicted octanol–water partition coefficient (Wildman–Crippen LogP) is 1.46. The second-order valence-corrected chi connectivity index (χ2v) is 7.20. The van der Waals surface area contributed by atoms with Crippen LogP contribution in [-0.4, -0.2) is 33.7 Å². The van der Waals surface area contributed by atoms with E-state index in [2.05, 4.69) is 6.07 Å². The fourth-order valence-corrected chi connectivity index (χ4v) is 2.98. The summed E-state index contributed by atoms with van der Waals surface area (Å²) in [5, 5.41) is 22.4. The first-order chi connectivity index (χ1) is 12.7. The number of primary amides is 2. The number of rotatable bonds is 10. The average molecular weight is 371 g/mol. The Kier molecular flexibility index (Phi) is 6.93. The third-order valence-electron chi connectivity index (χ3n) is 4.88. The molecule has 1 radical (unpaired) electrons. The number of carbonyl (C=O) groups is 2. The van der Waals surface area contributed by atoms with Gasteiger partial charge in [0.25, 0.3) is 0 Å². The lowest BCUT2D eigenvalue weighted by atomic mass is 9.88. The van der Waals surface area contributed by atoms with Gasteiger partial charge in [-0.15, -0.1) is 0 Å². The molecule has 0 bridgehead atoms. The van der Waals surface area contributed by atoms with Crippen LogP contribution in [0.5, 0.6) is 0 Å². The van der Waals surface area contributed by atoms with E-state index in [4.69, 9.17) is 11.5 Å². The van der Waals surface area contributed by atoms with E-state index in [9.17, 15) is 19.8 Å². The number of fused-ring (bicyclic) bond motifs is 1. The standard InChI is InChI=1S/C21H27N2O4/c1-21(27,20(23)26)11-10-17(19(22)25)13-18(24)9-7-14-6-8-15-4-2-3-5-16(15)12-14/h2-6,8-9,12,17-18,24,27H,7,10-11,13H2,1H3,(H2,22,25)(H2,23,26)/t17-,18+,21?/m1/s1. The summed E-state index contributed by atoms with van der Waals surface area (Å²) in [6.45, 7) is 1.30. The highest BCUT2D eigenvalue weighted by Gasteiger charge is 2.30. The minimum atomic E-state index is -1.70. The molecule has 0 saturated carbocycles. The van der Waals surface area contributed by atoms with E-state index in [1.807, 2.05) is 36.4 Å². The average Bonchev–Trinajstić information content (AvgIpc) is 2.62. The van der Waals surface area contributed by atoms with Gasteiger partial charge >= 0.3 is 0 Å². The lowest BCUT2D eigenvalue weighted by Crippen LogP contribution is -2.42. The molecule has 0 saturated heterocycles. The Morgan fingerprint density at radius 1 is 1.15 bits per heavy atom. The zero-order valence-corrected chi connectivity index (χ0v) is 15.5. The molecule has 6 heteroatoms. The van der Waals surface area contributed by atoms with Gasteiger partial charge in [-0.25, -0.2) is 0 Å². The lowest BCUT2D eigenvalue weighted by molar-refractivity contribution is -0.136. The predicted molar refractivity (Wildman–Crippen MR) is 104 cm³/mol. The number of aliphatic hydroxyl groups is 2. The van der Waals surface area contributed by atoms with Gasteiger partial charge < -0.3 is 21.7 Å². The zero-order valence-electron chi connectivity index (χ0n) is 15.5. The fourth-order valence-electron chi connectivity index (χ4n) is 2.98. The highest BCUT2D eigenvalue weighted by atomic mass is 16.3. The van der Waals surface area contributed by atoms with Crippen molar-refractivity contribution in [2.24, 2.45) is 17.4 Å². The summed E-state index contributed by atoms with van der Waals surface area (Å²) in [6.07, 6.45) is 1.77. The molecule has 1 unspecified atom stereocenters. The molecule has 2 rings (SSSR count). The number of nitrogens with two attached hydrogens (primary N) is 2. The molecular formula is C21H27N2O4. The molecule has 0 aliphatic heterocycles. The first-order valence-corrected chi connectivity index (χ1v) is 8.99. The first-order valence-electron chi connectivity index (χ1n) is 8.99. The van der Waals surface area contributed by atoms with Crippen LogP contribution in [0.1, 0.15) is 31.7 Å². The molecule has 2 aromatic carbocycles. The van der Waals surface area contributed by atoms with Crippen molar-refractivity contribution in [1.29, 1.82) is 0 Å². The van der Waals surface area contributed by atoms with E-state index in [0.717, 1.165) is 16.3 Å². The van der Waals surface area contributed by atoms with Gasteiger partial charge in [0.05, 0.1) is 6.10 Å². The molecule has 0 aliphatic rings. The van der Waals surface area contributed by atoms with Gasteiger partial charge in [0.15, 0.2) is 0 Å². The van der Waals surface area contributed by atoms with Gasteiger partial charge in [-0.2, -0.15) is 0 Å². The highest BCUT2D eigenvalue weighted by molar-refractivity contribution is 5.83. The molecule has 2 aromatic rings. The van der Waals surface area contributed by atoms with E-state index < -0.39 is 29.4 Å². The third kappa shape index (κ3) is 6.05. The maximum atomic E-state index is 11.6. The molecule has 2 amide bonds. The van der Waals surface area contributed by atoms with Crippen LogP contribution in [-0.2, 0) is 16.0 Å². The number of hydrogen-bond acceptors (Lipinski definition) is 4. The second-order valence-electron chi connectivity index (χ2n) is 7.20. The molecule has 27 heavy (non-hydrogen) atoms. The Hall–Kier alpha value is -2.44. The maximum absolute atomic E-state index is 11.6. The van der Waals surface area contributed by atoms with Crippen LogP contribution >= 0.6 is 0 Å². The van der Waals surface area contributed by atoms with Gasteiger partial charge in [-0.3, -0.25) is 9.59 Å². The Bertz CT molecular complexity index is 804. The minimum Gasteiger partial charge on any atom is -0.393 e. The highest BCUT2D eigenvalue weighted by Crippen LogP contribution is 2.22. The van der Waals surface area contributed by atoms with Crippen molar-refractivity contribution >= 4 is 22.6 Å². The van der Waals surface area contributed by atoms with Gasteiger partial charge in [0.2, 0.25) is 11.8 Å². The molecule has 0 aliphatic carbocycles. The quantitative estimate of drug-likeness (QED) is 0.504. The maximum Gasteiger partial charge on any atom is 0.249 e. The molecule has 0 heterocycles. The monoisotopic (exact) mass is 371 g/mol. The van der Waals surface area contributed by atoms with Crippen molar-refractivity contribution in [2.45, 2.75) is 44.3 Å². The van der Waals surface area contributed by atoms with E-state index >= 15 is 0 Å². The summed E-state index contributed by atoms with van der Waals surface area (Å²) < 4.78 is 0. The largest absolute Gasteiger partial charge is 0.393 e. The lowest BCUT2D eigenvalue weighted by Gasteiger charge is -2.23. The number of amides is 2. The summed E-state index contributed by atoms with van der Waals surface area (Å²) in [7, 11) is 0. The van der Waals surface area contributed by atoms with Gasteiger partial charge in [0.1, 0.15) is 5.60 Å². The van der Waals surface area contributed by atoms with Crippen LogP contribution in [0.2, 0.25) is 0 Å². The summed E-state index contributed by atoms with van der Waals surface area (Å²) in [5.74, 6) is -2.08. The van der Waals surface area contributed by atoms with Gasteiger partial charge in [-0.1, -0.05) is 42.5 Å². The Morgan fingerprint density at radius 3 is 2.44 bits per heavy atom. The van der Waals surface area contributed by atoms with Crippen LogP contribution in [0, 0.1) is 12.3 Å². The molecule has 0 spiro atoms. The van der Waals surface area contributed by atoms with Crippen molar-refractivity contribution in [1.82, 2.24) is 0 Å². The summed E-state index contributed by atoms with van der Waals surface area (Å²) in [5.41, 5.74) is 9.88. The normalized spacial score (nSPS) is 15.8. The first kappa shape index (κ1) is 20.9. The van der Waals surface area contributed by atoms with E-state index in [1.165, 1.54) is 6.92 Å². The van der Waals surface area contributed by atoms with Crippen molar-refractivity contribution in [3.05, 3.63) is 54.4 Å². The number of benzene rings is 2. The number of carbonyl (C=O) groups excluding carboxylic acids is 2. The van der Waals surface area contributed by atoms with Crippen molar-refractivity contribution in [3.63, 3.8) is 0 Å². The smallest absolute Gasteiger partial charge is 0.249 e. The van der Waals surface area contributed by atoms with E-state index in [-0.39, 0.29) is 19.3 Å². The van der Waals surface area contributed by atoms with Crippen molar-refractivity contribution in [3.8, 4) is 0 Å². The van der Waals surface area contributed by atoms with E-state index in [0.29, 0.717) is 6.42 Å². The molecule has 3 atom stereocenters. The number of hydrogen-bond donors (Lipinski definition) is 4. The summed E-state index contributed by atoms with van der Waals surface area (Å²) in [4.78, 5) is 22.8. The topological polar surface area (TPSA) is 127 Å². The van der Waals surface area contributed by atoms with Crippen LogP contribution in [0.3, 0.4) is 0 Å². The van der Waals surface area contributed by atoms with Crippen molar-refractivity contribution < 1.29 is 19.8 Å². The summed E-state index contributed by atoms with van der Waals surface area (Å²) in [6, 6.07) is 14.1. The third-order valence-corrected chi connectivity index (χ3v) is 4.88. The van der Waals surface area contributed by atoms with Crippen LogP contribution in [0.25, 0.3) is 10.8 Å². The summed E-state index contributed by atoms with van der Waals surface area (Å²) >= 11 is 0. The number of aliphatic hydroxyl groups excluding tert-OH is 1. The minimum absolute atomic E-state index is 0.00728. The van der Waals surface area contributed by atoms with Crippen LogP contribution < -0.4 is 11.5 Å².